The van der Waals surface area contributed by atoms with Gasteiger partial charge in [-0.15, -0.1) is 12.4 Å². The van der Waals surface area contributed by atoms with Crippen molar-refractivity contribution < 1.29 is 9.47 Å². The van der Waals surface area contributed by atoms with Crippen LogP contribution < -0.4 is 14.8 Å². The minimum absolute atomic E-state index is 0. The SMILES string of the molecule is CCCCCCCCNCc1cc(Cl)c(OCc2ccc(C)cc2)c(OC)c1.Cl. The smallest absolute Gasteiger partial charge is 0.180 e. The van der Waals surface area contributed by atoms with E-state index in [9.17, 15) is 0 Å². The molecular formula is C24H35Cl2NO2. The van der Waals surface area contributed by atoms with Crippen LogP contribution in [0.1, 0.15) is 62.1 Å². The summed E-state index contributed by atoms with van der Waals surface area (Å²) < 4.78 is 11.5. The van der Waals surface area contributed by atoms with Crippen LogP contribution in [0.15, 0.2) is 36.4 Å². The van der Waals surface area contributed by atoms with Gasteiger partial charge >= 0.3 is 0 Å². The fourth-order valence-corrected chi connectivity index (χ4v) is 3.41. The molecule has 2 aromatic carbocycles. The van der Waals surface area contributed by atoms with Crippen LogP contribution >= 0.6 is 24.0 Å². The number of unbranched alkanes of at least 4 members (excludes halogenated alkanes) is 5. The van der Waals surface area contributed by atoms with Crippen molar-refractivity contribution in [1.82, 2.24) is 5.32 Å². The van der Waals surface area contributed by atoms with E-state index in [0.29, 0.717) is 23.1 Å². The number of halogens is 2. The van der Waals surface area contributed by atoms with Gasteiger partial charge in [0.15, 0.2) is 11.5 Å². The number of nitrogens with one attached hydrogen (secondary N) is 1. The van der Waals surface area contributed by atoms with Gasteiger partial charge in [-0.3, -0.25) is 0 Å². The molecule has 162 valence electrons. The standard InChI is InChI=1S/C24H34ClNO2.ClH/c1-4-5-6-7-8-9-14-26-17-21-15-22(25)24(23(16-21)27-3)28-18-20-12-10-19(2)11-13-20;/h10-13,15-16,26H,4-9,14,17-18H2,1-3H3;1H. The predicted molar refractivity (Wildman–Crippen MR) is 126 cm³/mol. The third-order valence-electron chi connectivity index (χ3n) is 4.83. The lowest BCUT2D eigenvalue weighted by molar-refractivity contribution is 0.284. The van der Waals surface area contributed by atoms with E-state index in [-0.39, 0.29) is 12.4 Å². The molecule has 0 bridgehead atoms. The third kappa shape index (κ3) is 9.29. The first-order valence-corrected chi connectivity index (χ1v) is 10.8. The Balaban J connectivity index is 0.00000420. The van der Waals surface area contributed by atoms with Gasteiger partial charge in [0.25, 0.3) is 0 Å². The lowest BCUT2D eigenvalue weighted by Crippen LogP contribution is -2.14. The van der Waals surface area contributed by atoms with Crippen LogP contribution in [0, 0.1) is 6.92 Å². The lowest BCUT2D eigenvalue weighted by Gasteiger charge is -2.15. The van der Waals surface area contributed by atoms with Crippen molar-refractivity contribution in [2.75, 3.05) is 13.7 Å². The van der Waals surface area contributed by atoms with Gasteiger partial charge in [0.05, 0.1) is 12.1 Å². The highest BCUT2D eigenvalue weighted by atomic mass is 35.5. The second kappa shape index (κ2) is 14.5. The molecule has 0 atom stereocenters. The summed E-state index contributed by atoms with van der Waals surface area (Å²) in [6.07, 6.45) is 7.85. The Morgan fingerprint density at radius 3 is 2.31 bits per heavy atom. The Hall–Kier alpha value is -1.42. The van der Waals surface area contributed by atoms with Gasteiger partial charge in [0.1, 0.15) is 6.61 Å². The zero-order chi connectivity index (χ0) is 20.2. The minimum atomic E-state index is 0. The molecule has 0 unspecified atom stereocenters. The van der Waals surface area contributed by atoms with Gasteiger partial charge in [-0.2, -0.15) is 0 Å². The number of hydrogen-bond donors (Lipinski definition) is 1. The first-order valence-electron chi connectivity index (χ1n) is 10.4. The fourth-order valence-electron chi connectivity index (χ4n) is 3.12. The van der Waals surface area contributed by atoms with Gasteiger partial charge in [0, 0.05) is 6.54 Å². The second-order valence-electron chi connectivity index (χ2n) is 7.33. The Bertz CT molecular complexity index is 705. The first kappa shape index (κ1) is 25.6. The maximum Gasteiger partial charge on any atom is 0.180 e. The highest BCUT2D eigenvalue weighted by Crippen LogP contribution is 2.37. The number of hydrogen-bond acceptors (Lipinski definition) is 3. The Labute approximate surface area is 187 Å². The molecule has 0 saturated heterocycles. The van der Waals surface area contributed by atoms with Crippen LogP contribution in [0.25, 0.3) is 0 Å². The maximum absolute atomic E-state index is 6.48. The monoisotopic (exact) mass is 439 g/mol. The molecule has 0 aliphatic carbocycles. The molecule has 3 nitrogen and oxygen atoms in total. The Kier molecular flexibility index (Phi) is 12.8. The summed E-state index contributed by atoms with van der Waals surface area (Å²) in [7, 11) is 1.65. The molecule has 0 heterocycles. The van der Waals surface area contributed by atoms with Crippen LogP contribution in [0.3, 0.4) is 0 Å². The zero-order valence-corrected chi connectivity index (χ0v) is 19.5. The van der Waals surface area contributed by atoms with Crippen LogP contribution in [0.5, 0.6) is 11.5 Å². The van der Waals surface area contributed by atoms with Gasteiger partial charge in [0.2, 0.25) is 0 Å². The van der Waals surface area contributed by atoms with Crippen molar-refractivity contribution in [3.63, 3.8) is 0 Å². The van der Waals surface area contributed by atoms with E-state index in [1.807, 2.05) is 12.1 Å². The van der Waals surface area contributed by atoms with E-state index < -0.39 is 0 Å². The molecule has 29 heavy (non-hydrogen) atoms. The molecule has 0 aliphatic heterocycles. The summed E-state index contributed by atoms with van der Waals surface area (Å²) in [6.45, 7) is 6.59. The average Bonchev–Trinajstić information content (AvgIpc) is 2.70. The Morgan fingerprint density at radius 2 is 1.62 bits per heavy atom. The quantitative estimate of drug-likeness (QED) is 0.337. The molecule has 1 N–H and O–H groups in total. The zero-order valence-electron chi connectivity index (χ0n) is 17.9. The lowest BCUT2D eigenvalue weighted by atomic mass is 10.1. The summed E-state index contributed by atoms with van der Waals surface area (Å²) in [4.78, 5) is 0. The van der Waals surface area contributed by atoms with Crippen molar-refractivity contribution in [1.29, 1.82) is 0 Å². The molecule has 2 aromatic rings. The van der Waals surface area contributed by atoms with Crippen LogP contribution in [-0.4, -0.2) is 13.7 Å². The molecule has 0 aliphatic rings. The van der Waals surface area contributed by atoms with Crippen molar-refractivity contribution in [3.8, 4) is 11.5 Å². The summed E-state index contributed by atoms with van der Waals surface area (Å²) in [5, 5.41) is 4.08. The van der Waals surface area contributed by atoms with E-state index in [0.717, 1.165) is 24.2 Å². The molecule has 0 fully saturated rings. The minimum Gasteiger partial charge on any atom is -0.493 e. The summed E-state index contributed by atoms with van der Waals surface area (Å²) in [5.41, 5.74) is 3.45. The molecular weight excluding hydrogens is 405 g/mol. The van der Waals surface area contributed by atoms with Gasteiger partial charge in [-0.25, -0.2) is 0 Å². The molecule has 0 spiro atoms. The van der Waals surface area contributed by atoms with Crippen LogP contribution in [-0.2, 0) is 13.2 Å². The normalized spacial score (nSPS) is 10.5. The summed E-state index contributed by atoms with van der Waals surface area (Å²) in [6, 6.07) is 12.3. The van der Waals surface area contributed by atoms with Crippen molar-refractivity contribution >= 4 is 24.0 Å². The van der Waals surface area contributed by atoms with E-state index in [4.69, 9.17) is 21.1 Å². The van der Waals surface area contributed by atoms with Gasteiger partial charge in [-0.1, -0.05) is 80.5 Å². The van der Waals surface area contributed by atoms with E-state index in [1.54, 1.807) is 7.11 Å². The fraction of sp³-hybridized carbons (Fsp3) is 0.500. The number of rotatable bonds is 13. The molecule has 0 radical (unpaired) electrons. The number of aryl methyl sites for hydroxylation is 1. The van der Waals surface area contributed by atoms with Crippen LogP contribution in [0.2, 0.25) is 5.02 Å². The molecule has 5 heteroatoms. The second-order valence-corrected chi connectivity index (χ2v) is 7.74. The van der Waals surface area contributed by atoms with Crippen molar-refractivity contribution in [2.24, 2.45) is 0 Å². The van der Waals surface area contributed by atoms with E-state index >= 15 is 0 Å². The summed E-state index contributed by atoms with van der Waals surface area (Å²) >= 11 is 6.48. The van der Waals surface area contributed by atoms with E-state index in [2.05, 4.69) is 43.4 Å². The molecule has 2 rings (SSSR count). The van der Waals surface area contributed by atoms with Gasteiger partial charge in [-0.05, 0) is 43.1 Å². The largest absolute Gasteiger partial charge is 0.493 e. The molecule has 0 amide bonds. The Morgan fingerprint density at radius 1 is 0.931 bits per heavy atom. The highest BCUT2D eigenvalue weighted by molar-refractivity contribution is 6.32. The van der Waals surface area contributed by atoms with Crippen molar-refractivity contribution in [3.05, 3.63) is 58.1 Å². The molecule has 0 saturated carbocycles. The number of benzene rings is 2. The maximum atomic E-state index is 6.48. The summed E-state index contributed by atoms with van der Waals surface area (Å²) in [5.74, 6) is 1.28. The topological polar surface area (TPSA) is 30.5 Å². The van der Waals surface area contributed by atoms with Gasteiger partial charge < -0.3 is 14.8 Å². The van der Waals surface area contributed by atoms with Crippen molar-refractivity contribution in [2.45, 2.75) is 65.5 Å². The number of methoxy groups -OCH3 is 1. The van der Waals surface area contributed by atoms with Crippen LogP contribution in [0.4, 0.5) is 0 Å². The highest BCUT2D eigenvalue weighted by Gasteiger charge is 2.12. The van der Waals surface area contributed by atoms with E-state index in [1.165, 1.54) is 44.1 Å². The predicted octanol–water partition coefficient (Wildman–Crippen LogP) is 7.11. The average molecular weight is 440 g/mol. The molecule has 0 aromatic heterocycles. The third-order valence-corrected chi connectivity index (χ3v) is 5.11. The first-order chi connectivity index (χ1) is 13.6. The number of ether oxygens (including phenoxy) is 2.